The second-order valence-electron chi connectivity index (χ2n) is 2.70. The second kappa shape index (κ2) is 2.72. The number of aromatic carboxylic acids is 1. The van der Waals surface area contributed by atoms with Crippen LogP contribution in [0.25, 0.3) is 0 Å². The summed E-state index contributed by atoms with van der Waals surface area (Å²) in [5.74, 6) is -2.32. The molecule has 6 heteroatoms. The normalized spacial score (nSPS) is 14.8. The van der Waals surface area contributed by atoms with Crippen LogP contribution in [0.15, 0.2) is 0 Å². The van der Waals surface area contributed by atoms with Crippen LogP contribution in [0.1, 0.15) is 16.9 Å². The smallest absolute Gasteiger partial charge is 0.359 e. The van der Waals surface area contributed by atoms with Gasteiger partial charge in [-0.3, -0.25) is 0 Å². The van der Waals surface area contributed by atoms with Crippen molar-refractivity contribution in [3.05, 3.63) is 11.5 Å². The van der Waals surface area contributed by atoms with E-state index < -0.39 is 17.5 Å². The van der Waals surface area contributed by atoms with Crippen molar-refractivity contribution >= 4 is 5.97 Å². The number of aromatic nitrogens is 2. The van der Waals surface area contributed by atoms with Crippen molar-refractivity contribution in [2.75, 3.05) is 6.61 Å². The van der Waals surface area contributed by atoms with Gasteiger partial charge in [0.2, 0.25) is 17.4 Å². The Labute approximate surface area is 72.7 Å². The van der Waals surface area contributed by atoms with E-state index in [0.717, 1.165) is 0 Å². The first-order chi connectivity index (χ1) is 6.20. The summed E-state index contributed by atoms with van der Waals surface area (Å²) in [4.78, 5) is 10.5. The van der Waals surface area contributed by atoms with Gasteiger partial charge in [-0.25, -0.2) is 9.48 Å². The molecule has 0 bridgehead atoms. The third kappa shape index (κ3) is 1.14. The fourth-order valence-corrected chi connectivity index (χ4v) is 1.23. The Hall–Kier alpha value is -1.59. The van der Waals surface area contributed by atoms with E-state index in [0.29, 0.717) is 19.6 Å². The highest BCUT2D eigenvalue weighted by Crippen LogP contribution is 2.23. The predicted octanol–water partition coefficient (Wildman–Crippen LogP) is 0.503. The first-order valence-electron chi connectivity index (χ1n) is 3.82. The van der Waals surface area contributed by atoms with Crippen LogP contribution in [0, 0.1) is 5.82 Å². The average Bonchev–Trinajstić information content (AvgIpc) is 2.45. The molecule has 0 amide bonds. The summed E-state index contributed by atoms with van der Waals surface area (Å²) in [5, 5.41) is 12.1. The first kappa shape index (κ1) is 8.03. The molecule has 5 nitrogen and oxygen atoms in total. The van der Waals surface area contributed by atoms with E-state index in [4.69, 9.17) is 9.84 Å². The summed E-state index contributed by atoms with van der Waals surface area (Å²) >= 11 is 0. The number of hydrogen-bond donors (Lipinski definition) is 1. The number of halogens is 1. The zero-order valence-corrected chi connectivity index (χ0v) is 6.66. The highest BCUT2D eigenvalue weighted by atomic mass is 19.1. The molecule has 1 aromatic heterocycles. The molecule has 0 saturated carbocycles. The monoisotopic (exact) mass is 186 g/mol. The quantitative estimate of drug-likeness (QED) is 0.693. The Morgan fingerprint density at radius 3 is 3.08 bits per heavy atom. The minimum atomic E-state index is -1.37. The Bertz CT molecular complexity index is 361. The van der Waals surface area contributed by atoms with Crippen LogP contribution in [0.5, 0.6) is 5.88 Å². The Kier molecular flexibility index (Phi) is 1.68. The number of carbonyl (C=O) groups is 1. The SMILES string of the molecule is O=C(O)c1nn2c(c1F)OCCC2. The summed E-state index contributed by atoms with van der Waals surface area (Å²) in [6, 6.07) is 0. The van der Waals surface area contributed by atoms with Crippen LogP contribution in [-0.4, -0.2) is 27.5 Å². The van der Waals surface area contributed by atoms with Gasteiger partial charge in [-0.15, -0.1) is 0 Å². The van der Waals surface area contributed by atoms with Gasteiger partial charge in [0.05, 0.1) is 6.61 Å². The van der Waals surface area contributed by atoms with Crippen molar-refractivity contribution in [2.24, 2.45) is 0 Å². The average molecular weight is 186 g/mol. The van der Waals surface area contributed by atoms with Crippen molar-refractivity contribution in [1.82, 2.24) is 9.78 Å². The van der Waals surface area contributed by atoms with Gasteiger partial charge >= 0.3 is 5.97 Å². The van der Waals surface area contributed by atoms with Gasteiger partial charge in [0.1, 0.15) is 0 Å². The van der Waals surface area contributed by atoms with E-state index in [1.165, 1.54) is 4.68 Å². The van der Waals surface area contributed by atoms with E-state index in [1.54, 1.807) is 0 Å². The lowest BCUT2D eigenvalue weighted by Gasteiger charge is -2.13. The molecule has 13 heavy (non-hydrogen) atoms. The third-order valence-electron chi connectivity index (χ3n) is 1.81. The number of nitrogens with zero attached hydrogens (tertiary/aromatic N) is 2. The van der Waals surface area contributed by atoms with E-state index >= 15 is 0 Å². The van der Waals surface area contributed by atoms with Crippen molar-refractivity contribution in [3.63, 3.8) is 0 Å². The molecule has 2 heterocycles. The summed E-state index contributed by atoms with van der Waals surface area (Å²) in [6.07, 6.45) is 0.715. The lowest BCUT2D eigenvalue weighted by Crippen LogP contribution is -2.15. The second-order valence-corrected chi connectivity index (χ2v) is 2.70. The molecule has 0 atom stereocenters. The van der Waals surface area contributed by atoms with Crippen LogP contribution >= 0.6 is 0 Å². The van der Waals surface area contributed by atoms with Crippen LogP contribution in [0.4, 0.5) is 4.39 Å². The maximum absolute atomic E-state index is 13.2. The molecule has 0 fully saturated rings. The van der Waals surface area contributed by atoms with Crippen LogP contribution in [0.3, 0.4) is 0 Å². The first-order valence-corrected chi connectivity index (χ1v) is 3.82. The van der Waals surface area contributed by atoms with Gasteiger partial charge < -0.3 is 9.84 Å². The van der Waals surface area contributed by atoms with Crippen LogP contribution < -0.4 is 4.74 Å². The van der Waals surface area contributed by atoms with Gasteiger partial charge in [-0.05, 0) is 0 Å². The molecule has 1 aromatic rings. The number of hydrogen-bond acceptors (Lipinski definition) is 3. The van der Waals surface area contributed by atoms with E-state index in [2.05, 4.69) is 5.10 Å². The fourth-order valence-electron chi connectivity index (χ4n) is 1.23. The Balaban J connectivity index is 2.50. The number of fused-ring (bicyclic) bond motifs is 1. The molecule has 0 unspecified atom stereocenters. The number of aryl methyl sites for hydroxylation is 1. The molecule has 0 radical (unpaired) electrons. The fraction of sp³-hybridized carbons (Fsp3) is 0.429. The van der Waals surface area contributed by atoms with Crippen LogP contribution in [0.2, 0.25) is 0 Å². The van der Waals surface area contributed by atoms with Crippen molar-refractivity contribution < 1.29 is 19.0 Å². The van der Waals surface area contributed by atoms with E-state index in [9.17, 15) is 9.18 Å². The van der Waals surface area contributed by atoms with Gasteiger partial charge in [-0.1, -0.05) is 0 Å². The zero-order chi connectivity index (χ0) is 9.42. The largest absolute Gasteiger partial charge is 0.476 e. The summed E-state index contributed by atoms with van der Waals surface area (Å²) < 4.78 is 19.4. The maximum Gasteiger partial charge on any atom is 0.359 e. The van der Waals surface area contributed by atoms with Crippen molar-refractivity contribution in [1.29, 1.82) is 0 Å². The molecule has 1 N–H and O–H groups in total. The highest BCUT2D eigenvalue weighted by Gasteiger charge is 2.25. The predicted molar refractivity (Wildman–Crippen MR) is 39.3 cm³/mol. The van der Waals surface area contributed by atoms with Crippen LogP contribution in [-0.2, 0) is 6.54 Å². The third-order valence-corrected chi connectivity index (χ3v) is 1.81. The summed E-state index contributed by atoms with van der Waals surface area (Å²) in [5.41, 5.74) is -0.572. The molecule has 0 aliphatic carbocycles. The molecule has 1 aliphatic heterocycles. The Morgan fingerprint density at radius 2 is 2.46 bits per heavy atom. The van der Waals surface area contributed by atoms with E-state index in [1.807, 2.05) is 0 Å². The number of ether oxygens (including phenoxy) is 1. The summed E-state index contributed by atoms with van der Waals surface area (Å²) in [7, 11) is 0. The lowest BCUT2D eigenvalue weighted by molar-refractivity contribution is 0.0684. The maximum atomic E-state index is 13.2. The molecule has 0 saturated heterocycles. The standard InChI is InChI=1S/C7H7FN2O3/c8-4-5(7(11)12)9-10-2-1-3-13-6(4)10/h1-3H2,(H,11,12). The molecular formula is C7H7FN2O3. The minimum Gasteiger partial charge on any atom is -0.476 e. The van der Waals surface area contributed by atoms with Gasteiger partial charge in [0, 0.05) is 13.0 Å². The summed E-state index contributed by atoms with van der Waals surface area (Å²) in [6.45, 7) is 0.904. The zero-order valence-electron chi connectivity index (χ0n) is 6.66. The number of carboxylic acid groups (broad SMARTS) is 1. The van der Waals surface area contributed by atoms with Gasteiger partial charge in [0.15, 0.2) is 0 Å². The number of carboxylic acids is 1. The van der Waals surface area contributed by atoms with Gasteiger partial charge in [-0.2, -0.15) is 9.49 Å². The lowest BCUT2D eigenvalue weighted by atomic mass is 10.4. The molecule has 0 spiro atoms. The molecule has 2 rings (SSSR count). The Morgan fingerprint density at radius 1 is 1.69 bits per heavy atom. The minimum absolute atomic E-state index is 0.0661. The highest BCUT2D eigenvalue weighted by molar-refractivity contribution is 5.86. The topological polar surface area (TPSA) is 64.3 Å². The van der Waals surface area contributed by atoms with Crippen molar-refractivity contribution in [2.45, 2.75) is 13.0 Å². The molecule has 0 aromatic carbocycles. The van der Waals surface area contributed by atoms with Gasteiger partial charge in [0.25, 0.3) is 0 Å². The molecule has 70 valence electrons. The van der Waals surface area contributed by atoms with Crippen molar-refractivity contribution in [3.8, 4) is 5.88 Å². The number of rotatable bonds is 1. The molecular weight excluding hydrogens is 179 g/mol. The molecule has 1 aliphatic rings. The van der Waals surface area contributed by atoms with E-state index in [-0.39, 0.29) is 5.88 Å².